The van der Waals surface area contributed by atoms with Crippen LogP contribution in [0.4, 0.5) is 35.4 Å². The summed E-state index contributed by atoms with van der Waals surface area (Å²) in [7, 11) is -5.71. The van der Waals surface area contributed by atoms with Gasteiger partial charge in [-0.2, -0.15) is 21.6 Å². The first-order valence-corrected chi connectivity index (χ1v) is 14.6. The molecule has 1 aromatic carbocycles. The van der Waals surface area contributed by atoms with Crippen molar-refractivity contribution in [3.8, 4) is 0 Å². The minimum Gasteiger partial charge on any atom is -0.457 e. The Bertz CT molecular complexity index is 1270. The van der Waals surface area contributed by atoms with Crippen LogP contribution >= 0.6 is 11.3 Å². The number of nitrogens with one attached hydrogen (secondary N) is 1. The van der Waals surface area contributed by atoms with Crippen molar-refractivity contribution in [3.63, 3.8) is 0 Å². The Morgan fingerprint density at radius 3 is 2.66 bits per heavy atom. The van der Waals surface area contributed by atoms with Gasteiger partial charge in [0, 0.05) is 18.3 Å². The van der Waals surface area contributed by atoms with E-state index in [0.717, 1.165) is 42.6 Å². The van der Waals surface area contributed by atoms with E-state index in [1.807, 2.05) is 13.8 Å². The maximum atomic E-state index is 13.2. The average Bonchev–Trinajstić information content (AvgIpc) is 3.32. The number of aryl methyl sites for hydroxylation is 1. The quantitative estimate of drug-likeness (QED) is 0.184. The van der Waals surface area contributed by atoms with Gasteiger partial charge in [0.2, 0.25) is 5.01 Å². The summed E-state index contributed by atoms with van der Waals surface area (Å²) in [5, 5.41) is 15.3. The molecule has 0 radical (unpaired) electrons. The molecule has 15 heteroatoms. The molecule has 1 aliphatic rings. The van der Waals surface area contributed by atoms with Crippen LogP contribution in [0.15, 0.2) is 22.4 Å². The van der Waals surface area contributed by atoms with Crippen LogP contribution in [0.25, 0.3) is 0 Å². The molecule has 0 saturated heterocycles. The van der Waals surface area contributed by atoms with Crippen LogP contribution in [-0.2, 0) is 21.2 Å². The third kappa shape index (κ3) is 7.18. The molecule has 0 bridgehead atoms. The van der Waals surface area contributed by atoms with Gasteiger partial charge in [-0.25, -0.2) is 4.79 Å². The molecule has 0 spiro atoms. The topological polar surface area (TPSA) is 126 Å². The number of aromatic nitrogens is 2. The molecule has 1 aromatic heterocycles. The predicted octanol–water partition coefficient (Wildman–Crippen LogP) is 6.50. The lowest BCUT2D eigenvalue weighted by Crippen LogP contribution is -2.38. The van der Waals surface area contributed by atoms with Crippen LogP contribution in [0, 0.1) is 0 Å². The molecule has 1 N–H and O–H groups in total. The van der Waals surface area contributed by atoms with E-state index in [0.29, 0.717) is 25.1 Å². The number of anilines is 2. The van der Waals surface area contributed by atoms with Crippen LogP contribution in [-0.4, -0.2) is 48.8 Å². The molecule has 2 unspecified atom stereocenters. The standard InChI is InChI=1S/C23H31F3N6O4S2/c1-5-7-8-11-32-14(3)9-10-16-12-17(18(13-19(16)32)31-38(34,35)23(24,25)26)27-29-22-30-28-20(37-22)21(33)36-15(4)6-2/h12-15,31H,5-11H2,1-4H3. The fraction of sp³-hybridized carbons (Fsp3) is 0.609. The van der Waals surface area contributed by atoms with E-state index in [9.17, 15) is 26.4 Å². The normalized spacial score (nSPS) is 16.9. The lowest BCUT2D eigenvalue weighted by molar-refractivity contribution is -0.0429. The zero-order valence-electron chi connectivity index (χ0n) is 21.6. The Hall–Kier alpha value is -2.81. The van der Waals surface area contributed by atoms with E-state index < -0.39 is 21.5 Å². The fourth-order valence-electron chi connectivity index (χ4n) is 3.84. The van der Waals surface area contributed by atoms with Gasteiger partial charge in [-0.05, 0) is 57.2 Å². The van der Waals surface area contributed by atoms with Gasteiger partial charge in [-0.15, -0.1) is 20.4 Å². The van der Waals surface area contributed by atoms with E-state index in [1.165, 1.54) is 12.1 Å². The number of rotatable bonds is 11. The lowest BCUT2D eigenvalue weighted by Gasteiger charge is -2.37. The molecule has 0 saturated carbocycles. The van der Waals surface area contributed by atoms with E-state index in [-0.39, 0.29) is 33.7 Å². The third-order valence-corrected chi connectivity index (χ3v) is 8.02. The maximum Gasteiger partial charge on any atom is 0.516 e. The highest BCUT2D eigenvalue weighted by Gasteiger charge is 2.46. The highest BCUT2D eigenvalue weighted by Crippen LogP contribution is 2.41. The first kappa shape index (κ1) is 29.7. The molecule has 1 aliphatic heterocycles. The highest BCUT2D eigenvalue weighted by atomic mass is 32.2. The summed E-state index contributed by atoms with van der Waals surface area (Å²) in [4.78, 5) is 14.2. The molecular weight excluding hydrogens is 545 g/mol. The van der Waals surface area contributed by atoms with E-state index >= 15 is 0 Å². The minimum absolute atomic E-state index is 0.0433. The SMILES string of the molecule is CCCCCN1c2cc(NS(=O)(=O)C(F)(F)F)c(N=Nc3nnc(C(=O)OC(C)CC)s3)cc2CCC1C. The molecule has 2 atom stereocenters. The molecule has 2 aromatic rings. The fourth-order valence-corrected chi connectivity index (χ4v) is 4.95. The Balaban J connectivity index is 1.98. The zero-order valence-corrected chi connectivity index (χ0v) is 23.2. The number of nitrogens with zero attached hydrogens (tertiary/aromatic N) is 5. The predicted molar refractivity (Wildman–Crippen MR) is 139 cm³/mol. The molecule has 0 amide bonds. The van der Waals surface area contributed by atoms with Gasteiger partial charge >= 0.3 is 21.5 Å². The van der Waals surface area contributed by atoms with Crippen molar-refractivity contribution in [1.29, 1.82) is 0 Å². The molecule has 38 heavy (non-hydrogen) atoms. The Labute approximate surface area is 223 Å². The van der Waals surface area contributed by atoms with Crippen LogP contribution < -0.4 is 9.62 Å². The summed E-state index contributed by atoms with van der Waals surface area (Å²) in [6, 6.07) is 3.04. The maximum absolute atomic E-state index is 13.2. The number of alkyl halides is 3. The molecule has 210 valence electrons. The van der Waals surface area contributed by atoms with Gasteiger partial charge in [0.05, 0.1) is 11.8 Å². The average molecular weight is 577 g/mol. The number of halogens is 3. The number of fused-ring (bicyclic) bond motifs is 1. The van der Waals surface area contributed by atoms with Gasteiger partial charge in [-0.3, -0.25) is 4.72 Å². The van der Waals surface area contributed by atoms with Crippen molar-refractivity contribution < 1.29 is 31.1 Å². The Morgan fingerprint density at radius 2 is 2.00 bits per heavy atom. The summed E-state index contributed by atoms with van der Waals surface area (Å²) in [6.45, 7) is 8.37. The molecule has 3 rings (SSSR count). The van der Waals surface area contributed by atoms with E-state index in [4.69, 9.17) is 4.74 Å². The lowest BCUT2D eigenvalue weighted by atomic mass is 9.95. The van der Waals surface area contributed by atoms with E-state index in [1.54, 1.807) is 11.6 Å². The molecule has 0 fully saturated rings. The number of hydrogen-bond acceptors (Lipinski definition) is 10. The number of hydrogen-bond donors (Lipinski definition) is 1. The van der Waals surface area contributed by atoms with Crippen LogP contribution in [0.3, 0.4) is 0 Å². The first-order chi connectivity index (χ1) is 17.9. The summed E-state index contributed by atoms with van der Waals surface area (Å²) >= 11 is 0.793. The van der Waals surface area contributed by atoms with Gasteiger partial charge in [-0.1, -0.05) is 38.0 Å². The molecular formula is C23H31F3N6O4S2. The first-order valence-electron chi connectivity index (χ1n) is 12.3. The zero-order chi connectivity index (χ0) is 28.1. The second kappa shape index (κ2) is 12.4. The highest BCUT2D eigenvalue weighted by molar-refractivity contribution is 7.93. The summed E-state index contributed by atoms with van der Waals surface area (Å²) in [5.74, 6) is -0.678. The number of benzene rings is 1. The summed E-state index contributed by atoms with van der Waals surface area (Å²) in [6.07, 6.45) is 4.65. The molecule has 0 aliphatic carbocycles. The van der Waals surface area contributed by atoms with Crippen LogP contribution in [0.2, 0.25) is 0 Å². The van der Waals surface area contributed by atoms with Crippen molar-refractivity contribution in [2.45, 2.75) is 83.9 Å². The number of azo groups is 1. The van der Waals surface area contributed by atoms with Crippen molar-refractivity contribution in [2.24, 2.45) is 10.2 Å². The second-order valence-electron chi connectivity index (χ2n) is 9.05. The second-order valence-corrected chi connectivity index (χ2v) is 11.7. The van der Waals surface area contributed by atoms with Crippen molar-refractivity contribution in [1.82, 2.24) is 10.2 Å². The third-order valence-electron chi connectivity index (χ3n) is 6.14. The largest absolute Gasteiger partial charge is 0.516 e. The van der Waals surface area contributed by atoms with Gasteiger partial charge in [0.15, 0.2) is 0 Å². The number of carbonyl (C=O) groups excluding carboxylic acids is 1. The van der Waals surface area contributed by atoms with E-state index in [2.05, 4.69) is 32.2 Å². The Kier molecular flexibility index (Phi) is 9.68. The molecule has 10 nitrogen and oxygen atoms in total. The minimum atomic E-state index is -5.71. The number of sulfonamides is 1. The number of unbranched alkanes of at least 4 members (excludes halogenated alkanes) is 2. The number of ether oxygens (including phenoxy) is 1. The van der Waals surface area contributed by atoms with Crippen LogP contribution in [0.5, 0.6) is 0 Å². The van der Waals surface area contributed by atoms with Crippen molar-refractivity contribution in [3.05, 3.63) is 22.7 Å². The van der Waals surface area contributed by atoms with Gasteiger partial charge in [0.25, 0.3) is 5.13 Å². The summed E-state index contributed by atoms with van der Waals surface area (Å²) < 4.78 is 70.4. The van der Waals surface area contributed by atoms with Crippen molar-refractivity contribution in [2.75, 3.05) is 16.2 Å². The number of esters is 1. The molecule has 2 heterocycles. The van der Waals surface area contributed by atoms with Crippen molar-refractivity contribution >= 4 is 49.5 Å². The monoisotopic (exact) mass is 576 g/mol. The van der Waals surface area contributed by atoms with Gasteiger partial charge in [0.1, 0.15) is 5.69 Å². The number of carbonyl (C=O) groups is 1. The smallest absolute Gasteiger partial charge is 0.457 e. The Morgan fingerprint density at radius 1 is 1.26 bits per heavy atom. The van der Waals surface area contributed by atoms with Gasteiger partial charge < -0.3 is 9.64 Å². The summed E-state index contributed by atoms with van der Waals surface area (Å²) in [5.41, 5.74) is -4.52. The van der Waals surface area contributed by atoms with Crippen LogP contribution in [0.1, 0.15) is 75.2 Å².